The molecular formula is C22H18F2N4O3. The zero-order valence-corrected chi connectivity index (χ0v) is 16.5. The first kappa shape index (κ1) is 20.3. The number of imide groups is 1. The Morgan fingerprint density at radius 3 is 2.42 bits per heavy atom. The monoisotopic (exact) mass is 424 g/mol. The number of carbonyl (C=O) groups excluding carboxylic acids is 2. The highest BCUT2D eigenvalue weighted by molar-refractivity contribution is 6.13. The highest BCUT2D eigenvalue weighted by atomic mass is 19.1. The summed E-state index contributed by atoms with van der Waals surface area (Å²) in [4.78, 5) is 38.9. The summed E-state index contributed by atoms with van der Waals surface area (Å²) < 4.78 is 27.9. The lowest BCUT2D eigenvalue weighted by molar-refractivity contribution is -0.123. The number of hydrogen-bond donors (Lipinski definition) is 2. The Hall–Kier alpha value is -4.01. The van der Waals surface area contributed by atoms with Crippen LogP contribution in [0.1, 0.15) is 23.7 Å². The number of aromatic amines is 1. The maximum absolute atomic E-state index is 13.4. The van der Waals surface area contributed by atoms with E-state index in [4.69, 9.17) is 0 Å². The summed E-state index contributed by atoms with van der Waals surface area (Å²) in [6.45, 7) is 1.72. The molecule has 0 unspecified atom stereocenters. The van der Waals surface area contributed by atoms with Gasteiger partial charge in [0.15, 0.2) is 0 Å². The maximum atomic E-state index is 13.4. The minimum Gasteiger partial charge on any atom is -0.303 e. The van der Waals surface area contributed by atoms with Crippen LogP contribution in [0.5, 0.6) is 0 Å². The third kappa shape index (κ3) is 3.89. The fraction of sp³-hybridized carbons (Fsp3) is 0.136. The first-order valence-electron chi connectivity index (χ1n) is 9.56. The molecule has 7 nitrogen and oxygen atoms in total. The predicted molar refractivity (Wildman–Crippen MR) is 109 cm³/mol. The first-order chi connectivity index (χ1) is 14.9. The molecule has 0 saturated carbocycles. The zero-order valence-electron chi connectivity index (χ0n) is 16.5. The van der Waals surface area contributed by atoms with E-state index >= 15 is 0 Å². The van der Waals surface area contributed by atoms with E-state index in [9.17, 15) is 23.2 Å². The molecule has 3 amide bonds. The minimum atomic E-state index is -0.659. The van der Waals surface area contributed by atoms with Crippen LogP contribution in [0.15, 0.2) is 59.0 Å². The van der Waals surface area contributed by atoms with Crippen LogP contribution in [-0.2, 0) is 17.8 Å². The molecule has 2 N–H and O–H groups in total. The van der Waals surface area contributed by atoms with Crippen LogP contribution in [0.25, 0.3) is 11.8 Å². The van der Waals surface area contributed by atoms with Crippen LogP contribution in [-0.4, -0.2) is 26.6 Å². The van der Waals surface area contributed by atoms with Gasteiger partial charge in [0, 0.05) is 5.69 Å². The fourth-order valence-corrected chi connectivity index (χ4v) is 3.36. The summed E-state index contributed by atoms with van der Waals surface area (Å²) in [6, 6.07) is 10.3. The summed E-state index contributed by atoms with van der Waals surface area (Å²) in [7, 11) is 0. The first-order valence-corrected chi connectivity index (χ1v) is 9.56. The molecule has 1 aliphatic heterocycles. The standard InChI is InChI=1S/C22H18F2N4O3/c1-2-18-17(20(29)28(26-18)16-8-6-14(23)7-9-16)11-19-21(30)27(22(31)25-19)12-13-4-3-5-15(24)10-13/h3-11,26H,2,12H2,1H3,(H,25,31)/b19-11-. The molecule has 158 valence electrons. The Labute approximate surface area is 175 Å². The fourth-order valence-electron chi connectivity index (χ4n) is 3.36. The van der Waals surface area contributed by atoms with E-state index < -0.39 is 29.1 Å². The summed E-state index contributed by atoms with van der Waals surface area (Å²) in [5, 5.41) is 5.42. The third-order valence-corrected chi connectivity index (χ3v) is 4.92. The van der Waals surface area contributed by atoms with Crippen molar-refractivity contribution < 1.29 is 18.4 Å². The summed E-state index contributed by atoms with van der Waals surface area (Å²) in [5.41, 5.74) is 1.15. The van der Waals surface area contributed by atoms with Crippen molar-refractivity contribution in [1.29, 1.82) is 0 Å². The van der Waals surface area contributed by atoms with E-state index in [0.29, 0.717) is 23.4 Å². The van der Waals surface area contributed by atoms with Gasteiger partial charge in [0.05, 0.1) is 17.8 Å². The highest BCUT2D eigenvalue weighted by Crippen LogP contribution is 2.18. The minimum absolute atomic E-state index is 0.0570. The predicted octanol–water partition coefficient (Wildman–Crippen LogP) is 3.10. The average Bonchev–Trinajstić information content (AvgIpc) is 3.20. The molecule has 2 aromatic carbocycles. The van der Waals surface area contributed by atoms with Crippen molar-refractivity contribution in [2.45, 2.75) is 19.9 Å². The van der Waals surface area contributed by atoms with Gasteiger partial charge < -0.3 is 5.32 Å². The Morgan fingerprint density at radius 2 is 1.74 bits per heavy atom. The Balaban J connectivity index is 1.67. The highest BCUT2D eigenvalue weighted by Gasteiger charge is 2.34. The summed E-state index contributed by atoms with van der Waals surface area (Å²) in [6.07, 6.45) is 1.78. The lowest BCUT2D eigenvalue weighted by Crippen LogP contribution is -2.30. The van der Waals surface area contributed by atoms with Crippen molar-refractivity contribution in [2.24, 2.45) is 0 Å². The second-order valence-electron chi connectivity index (χ2n) is 6.98. The van der Waals surface area contributed by atoms with Crippen LogP contribution in [0.3, 0.4) is 0 Å². The molecule has 1 aliphatic rings. The molecule has 0 spiro atoms. The molecule has 0 aliphatic carbocycles. The van der Waals surface area contributed by atoms with E-state index in [0.717, 1.165) is 4.90 Å². The molecule has 2 heterocycles. The van der Waals surface area contributed by atoms with Gasteiger partial charge in [-0.15, -0.1) is 0 Å². The normalized spacial score (nSPS) is 15.1. The van der Waals surface area contributed by atoms with Crippen molar-refractivity contribution in [3.63, 3.8) is 0 Å². The number of benzene rings is 2. The molecule has 0 atom stereocenters. The average molecular weight is 424 g/mol. The number of urea groups is 1. The van der Waals surface area contributed by atoms with Gasteiger partial charge in [-0.05, 0) is 54.5 Å². The topological polar surface area (TPSA) is 87.2 Å². The summed E-state index contributed by atoms with van der Waals surface area (Å²) in [5.74, 6) is -1.52. The van der Waals surface area contributed by atoms with Crippen LogP contribution < -0.4 is 10.9 Å². The Bertz CT molecular complexity index is 1260. The molecule has 1 aromatic heterocycles. The Morgan fingerprint density at radius 1 is 1.00 bits per heavy atom. The number of aryl methyl sites for hydroxylation is 1. The number of amides is 3. The van der Waals surface area contributed by atoms with Crippen molar-refractivity contribution in [3.05, 3.63) is 93.0 Å². The SMILES string of the molecule is CCc1[nH]n(-c2ccc(F)cc2)c(=O)c1/C=C1\NC(=O)N(Cc2cccc(F)c2)C1=O. The van der Waals surface area contributed by atoms with Gasteiger partial charge in [-0.1, -0.05) is 19.1 Å². The molecule has 0 radical (unpaired) electrons. The second kappa shape index (κ2) is 8.02. The van der Waals surface area contributed by atoms with Gasteiger partial charge in [-0.3, -0.25) is 19.6 Å². The van der Waals surface area contributed by atoms with Crippen LogP contribution in [0.4, 0.5) is 13.6 Å². The van der Waals surface area contributed by atoms with Gasteiger partial charge in [0.25, 0.3) is 11.5 Å². The number of aromatic nitrogens is 2. The van der Waals surface area contributed by atoms with Gasteiger partial charge in [-0.25, -0.2) is 18.3 Å². The van der Waals surface area contributed by atoms with Gasteiger partial charge in [0.1, 0.15) is 17.3 Å². The molecule has 4 rings (SSSR count). The number of H-pyrrole nitrogens is 1. The van der Waals surface area contributed by atoms with E-state index in [2.05, 4.69) is 10.4 Å². The summed E-state index contributed by atoms with van der Waals surface area (Å²) >= 11 is 0. The molecule has 31 heavy (non-hydrogen) atoms. The van der Waals surface area contributed by atoms with Crippen molar-refractivity contribution in [3.8, 4) is 5.69 Å². The second-order valence-corrected chi connectivity index (χ2v) is 6.98. The largest absolute Gasteiger partial charge is 0.329 e. The van der Waals surface area contributed by atoms with Crippen molar-refractivity contribution in [1.82, 2.24) is 20.0 Å². The maximum Gasteiger partial charge on any atom is 0.329 e. The number of nitrogens with one attached hydrogen (secondary N) is 2. The van der Waals surface area contributed by atoms with E-state index in [-0.39, 0.29) is 17.8 Å². The van der Waals surface area contributed by atoms with Crippen molar-refractivity contribution in [2.75, 3.05) is 0 Å². The smallest absolute Gasteiger partial charge is 0.303 e. The van der Waals surface area contributed by atoms with Crippen LogP contribution >= 0.6 is 0 Å². The number of hydrogen-bond acceptors (Lipinski definition) is 3. The van der Waals surface area contributed by atoms with Crippen LogP contribution in [0, 0.1) is 11.6 Å². The molecule has 9 heteroatoms. The molecule has 0 bridgehead atoms. The lowest BCUT2D eigenvalue weighted by Gasteiger charge is -2.11. The number of carbonyl (C=O) groups is 2. The molecular weight excluding hydrogens is 406 g/mol. The van der Waals surface area contributed by atoms with Gasteiger partial charge in [-0.2, -0.15) is 0 Å². The van der Waals surface area contributed by atoms with Crippen LogP contribution in [0.2, 0.25) is 0 Å². The van der Waals surface area contributed by atoms with E-state index in [1.807, 2.05) is 6.92 Å². The Kier molecular flexibility index (Phi) is 5.24. The van der Waals surface area contributed by atoms with Gasteiger partial charge >= 0.3 is 6.03 Å². The zero-order chi connectivity index (χ0) is 22.1. The molecule has 1 saturated heterocycles. The number of nitrogens with zero attached hydrogens (tertiary/aromatic N) is 2. The van der Waals surface area contributed by atoms with Crippen molar-refractivity contribution >= 4 is 18.0 Å². The molecule has 1 fully saturated rings. The number of rotatable bonds is 5. The van der Waals surface area contributed by atoms with E-state index in [1.54, 1.807) is 6.07 Å². The third-order valence-electron chi connectivity index (χ3n) is 4.92. The van der Waals surface area contributed by atoms with E-state index in [1.165, 1.54) is 53.2 Å². The lowest BCUT2D eigenvalue weighted by atomic mass is 10.1. The quantitative estimate of drug-likeness (QED) is 0.487. The van der Waals surface area contributed by atoms with Gasteiger partial charge in [0.2, 0.25) is 0 Å². The number of halogens is 2. The molecule has 3 aromatic rings.